The molecule has 0 unspecified atom stereocenters. The van der Waals surface area contributed by atoms with Gasteiger partial charge in [0, 0.05) is 5.92 Å². The Hall–Kier alpha value is -3.99. The van der Waals surface area contributed by atoms with E-state index in [2.05, 4.69) is 18.2 Å². The zero-order chi connectivity index (χ0) is 22.8. The minimum atomic E-state index is -1.12. The summed E-state index contributed by atoms with van der Waals surface area (Å²) < 4.78 is 0. The maximum Gasteiger partial charge on any atom is 0.336 e. The average Bonchev–Trinajstić information content (AvgIpc) is 3.25. The number of carbonyl (C=O) groups is 2. The Kier molecular flexibility index (Phi) is 5.61. The van der Waals surface area contributed by atoms with Gasteiger partial charge >= 0.3 is 5.97 Å². The SMILES string of the molecule is O=C(O)c1ccccc1C(=O)N1N=C2/C(=C/c3ccccc3)CCC[C@@H]2[C@@H]1c1ccccc1. The monoisotopic (exact) mass is 436 g/mol. The van der Waals surface area contributed by atoms with Gasteiger partial charge in [0.05, 0.1) is 22.9 Å². The van der Waals surface area contributed by atoms with Gasteiger partial charge in [-0.2, -0.15) is 5.10 Å². The molecule has 0 radical (unpaired) electrons. The van der Waals surface area contributed by atoms with Crippen LogP contribution >= 0.6 is 0 Å². The highest BCUT2D eigenvalue weighted by Crippen LogP contribution is 2.45. The maximum atomic E-state index is 13.7. The summed E-state index contributed by atoms with van der Waals surface area (Å²) in [6.45, 7) is 0. The molecule has 0 aromatic heterocycles. The van der Waals surface area contributed by atoms with Gasteiger partial charge in [0.2, 0.25) is 0 Å². The number of carboxylic acids is 1. The minimum absolute atomic E-state index is 0.00978. The van der Waals surface area contributed by atoms with Gasteiger partial charge in [0.25, 0.3) is 5.91 Å². The van der Waals surface area contributed by atoms with Crippen LogP contribution in [0.3, 0.4) is 0 Å². The summed E-state index contributed by atoms with van der Waals surface area (Å²) in [4.78, 5) is 25.5. The van der Waals surface area contributed by atoms with E-state index < -0.39 is 5.97 Å². The second-order valence-electron chi connectivity index (χ2n) is 8.42. The molecule has 33 heavy (non-hydrogen) atoms. The van der Waals surface area contributed by atoms with E-state index in [0.29, 0.717) is 0 Å². The lowest BCUT2D eigenvalue weighted by atomic mass is 9.77. The number of hydrogen-bond acceptors (Lipinski definition) is 3. The molecule has 1 amide bonds. The van der Waals surface area contributed by atoms with Gasteiger partial charge < -0.3 is 5.11 Å². The molecule has 3 aromatic rings. The highest BCUT2D eigenvalue weighted by molar-refractivity contribution is 6.10. The van der Waals surface area contributed by atoms with E-state index in [1.54, 1.807) is 18.2 Å². The van der Waals surface area contributed by atoms with Gasteiger partial charge in [0.15, 0.2) is 0 Å². The number of fused-ring (bicyclic) bond motifs is 1. The summed E-state index contributed by atoms with van der Waals surface area (Å²) in [6.07, 6.45) is 5.00. The fourth-order valence-corrected chi connectivity index (χ4v) is 4.88. The lowest BCUT2D eigenvalue weighted by molar-refractivity contribution is 0.0646. The van der Waals surface area contributed by atoms with Crippen LogP contribution in [-0.4, -0.2) is 27.7 Å². The van der Waals surface area contributed by atoms with Crippen molar-refractivity contribution in [1.82, 2.24) is 5.01 Å². The smallest absolute Gasteiger partial charge is 0.336 e. The van der Waals surface area contributed by atoms with Crippen molar-refractivity contribution in [3.05, 3.63) is 113 Å². The van der Waals surface area contributed by atoms with Gasteiger partial charge in [-0.1, -0.05) is 72.8 Å². The first-order chi connectivity index (χ1) is 16.1. The highest BCUT2D eigenvalue weighted by Gasteiger charge is 2.44. The lowest BCUT2D eigenvalue weighted by Crippen LogP contribution is -2.32. The first-order valence-corrected chi connectivity index (χ1v) is 11.2. The van der Waals surface area contributed by atoms with E-state index in [1.807, 2.05) is 48.5 Å². The summed E-state index contributed by atoms with van der Waals surface area (Å²) in [6, 6.07) is 26.1. The molecule has 164 valence electrons. The number of amides is 1. The highest BCUT2D eigenvalue weighted by atomic mass is 16.4. The third kappa shape index (κ3) is 3.98. The van der Waals surface area contributed by atoms with Gasteiger partial charge in [-0.05, 0) is 54.2 Å². The average molecular weight is 437 g/mol. The Balaban J connectivity index is 1.61. The molecular formula is C28H24N2O3. The maximum absolute atomic E-state index is 13.7. The van der Waals surface area contributed by atoms with E-state index >= 15 is 0 Å². The molecule has 1 aliphatic carbocycles. The third-order valence-corrected chi connectivity index (χ3v) is 6.38. The third-order valence-electron chi connectivity index (χ3n) is 6.38. The van der Waals surface area contributed by atoms with Crippen LogP contribution in [-0.2, 0) is 0 Å². The van der Waals surface area contributed by atoms with Gasteiger partial charge in [-0.25, -0.2) is 9.80 Å². The molecular weight excluding hydrogens is 412 g/mol. The van der Waals surface area contributed by atoms with Crippen molar-refractivity contribution in [3.63, 3.8) is 0 Å². The van der Waals surface area contributed by atoms with Crippen LogP contribution < -0.4 is 0 Å². The van der Waals surface area contributed by atoms with Crippen LogP contribution in [0.5, 0.6) is 0 Å². The molecule has 1 heterocycles. The molecule has 5 nitrogen and oxygen atoms in total. The fraction of sp³-hybridized carbons (Fsp3) is 0.179. The first-order valence-electron chi connectivity index (χ1n) is 11.2. The number of nitrogens with zero attached hydrogens (tertiary/aromatic N) is 2. The largest absolute Gasteiger partial charge is 0.478 e. The van der Waals surface area contributed by atoms with E-state index in [4.69, 9.17) is 5.10 Å². The van der Waals surface area contributed by atoms with Crippen LogP contribution in [0.4, 0.5) is 0 Å². The van der Waals surface area contributed by atoms with Crippen molar-refractivity contribution in [3.8, 4) is 0 Å². The molecule has 2 atom stereocenters. The van der Waals surface area contributed by atoms with Crippen LogP contribution in [0.1, 0.15) is 57.1 Å². The summed E-state index contributed by atoms with van der Waals surface area (Å²) in [5, 5.41) is 16.0. The van der Waals surface area contributed by atoms with Crippen molar-refractivity contribution in [1.29, 1.82) is 0 Å². The van der Waals surface area contributed by atoms with Crippen LogP contribution in [0.2, 0.25) is 0 Å². The minimum Gasteiger partial charge on any atom is -0.478 e. The second-order valence-corrected chi connectivity index (χ2v) is 8.42. The van der Waals surface area contributed by atoms with E-state index in [0.717, 1.165) is 41.7 Å². The molecule has 0 saturated heterocycles. The predicted octanol–water partition coefficient (Wildman–Crippen LogP) is 5.82. The predicted molar refractivity (Wildman–Crippen MR) is 128 cm³/mol. The zero-order valence-corrected chi connectivity index (χ0v) is 18.1. The van der Waals surface area contributed by atoms with E-state index in [-0.39, 0.29) is 29.0 Å². The Morgan fingerprint density at radius 3 is 2.21 bits per heavy atom. The Labute approximate surface area is 192 Å². The number of hydrazone groups is 1. The molecule has 3 aromatic carbocycles. The summed E-state index contributed by atoms with van der Waals surface area (Å²) in [7, 11) is 0. The van der Waals surface area contributed by atoms with Crippen molar-refractivity contribution in [2.45, 2.75) is 25.3 Å². The summed E-state index contributed by atoms with van der Waals surface area (Å²) >= 11 is 0. The van der Waals surface area contributed by atoms with Crippen molar-refractivity contribution in [2.24, 2.45) is 11.0 Å². The standard InChI is InChI=1S/C28H24N2O3/c31-27(22-15-7-8-16-23(22)28(32)33)30-26(20-12-5-2-6-13-20)24-17-9-14-21(25(24)29-30)18-19-10-3-1-4-11-19/h1-8,10-13,15-16,18,24,26H,9,14,17H2,(H,32,33)/b21-18+/t24-,26-/m0/s1. The van der Waals surface area contributed by atoms with Gasteiger partial charge in [-0.3, -0.25) is 4.79 Å². The quantitative estimate of drug-likeness (QED) is 0.560. The number of rotatable bonds is 4. The Bertz CT molecular complexity index is 1250. The number of hydrogen-bond donors (Lipinski definition) is 1. The van der Waals surface area contributed by atoms with Crippen LogP contribution in [0.15, 0.2) is 95.6 Å². The Morgan fingerprint density at radius 2 is 1.52 bits per heavy atom. The van der Waals surface area contributed by atoms with Crippen molar-refractivity contribution < 1.29 is 14.7 Å². The zero-order valence-electron chi connectivity index (χ0n) is 18.1. The summed E-state index contributed by atoms with van der Waals surface area (Å²) in [5.74, 6) is -1.44. The van der Waals surface area contributed by atoms with E-state index in [1.165, 1.54) is 11.1 Å². The number of allylic oxidation sites excluding steroid dienone is 1. The molecule has 0 bridgehead atoms. The Morgan fingerprint density at radius 1 is 0.879 bits per heavy atom. The topological polar surface area (TPSA) is 70.0 Å². The molecule has 2 aliphatic rings. The first kappa shape index (κ1) is 20.9. The number of carbonyl (C=O) groups excluding carboxylic acids is 1. The molecule has 1 saturated carbocycles. The van der Waals surface area contributed by atoms with Crippen LogP contribution in [0.25, 0.3) is 6.08 Å². The lowest BCUT2D eigenvalue weighted by Gasteiger charge is -2.29. The number of aromatic carboxylic acids is 1. The van der Waals surface area contributed by atoms with Crippen molar-refractivity contribution >= 4 is 23.7 Å². The molecule has 0 spiro atoms. The molecule has 5 heteroatoms. The molecule has 5 rings (SSSR count). The molecule has 1 aliphatic heterocycles. The second kappa shape index (κ2) is 8.87. The number of benzene rings is 3. The van der Waals surface area contributed by atoms with E-state index in [9.17, 15) is 14.7 Å². The fourth-order valence-electron chi connectivity index (χ4n) is 4.88. The van der Waals surface area contributed by atoms with Crippen molar-refractivity contribution in [2.75, 3.05) is 0 Å². The van der Waals surface area contributed by atoms with Gasteiger partial charge in [-0.15, -0.1) is 0 Å². The molecule has 1 N–H and O–H groups in total. The summed E-state index contributed by atoms with van der Waals surface area (Å²) in [5.41, 5.74) is 4.32. The number of carboxylic acid groups (broad SMARTS) is 1. The normalized spacial score (nSPS) is 20.9. The van der Waals surface area contributed by atoms with Crippen LogP contribution in [0, 0.1) is 5.92 Å². The van der Waals surface area contributed by atoms with Gasteiger partial charge in [0.1, 0.15) is 0 Å². The molecule has 1 fully saturated rings.